The van der Waals surface area contributed by atoms with Crippen LogP contribution in [0.5, 0.6) is 0 Å². The number of amides is 2. The number of morpholine rings is 1. The van der Waals surface area contributed by atoms with E-state index in [1.165, 1.54) is 42.5 Å². The van der Waals surface area contributed by atoms with Crippen molar-refractivity contribution in [2.24, 2.45) is 0 Å². The number of hydrogen-bond donors (Lipinski definition) is 2. The molecule has 2 amide bonds. The number of carbonyl (C=O) groups is 2. The molecule has 0 aliphatic carbocycles. The second-order valence-electron chi connectivity index (χ2n) is 7.39. The zero-order chi connectivity index (χ0) is 23.9. The smallest absolute Gasteiger partial charge is 0.290 e. The number of sulfonamides is 1. The van der Waals surface area contributed by atoms with Crippen molar-refractivity contribution in [3.05, 3.63) is 52.7 Å². The van der Waals surface area contributed by atoms with Gasteiger partial charge in [0.2, 0.25) is 0 Å². The van der Waals surface area contributed by atoms with E-state index in [-0.39, 0.29) is 14.9 Å². The largest absolute Gasteiger partial charge is 0.378 e. The van der Waals surface area contributed by atoms with Crippen LogP contribution in [0.1, 0.15) is 5.56 Å². The summed E-state index contributed by atoms with van der Waals surface area (Å²) in [5.74, 6) is -0.884. The normalized spacial score (nSPS) is 18.0. The summed E-state index contributed by atoms with van der Waals surface area (Å²) < 4.78 is 48.8. The Morgan fingerprint density at radius 3 is 2.53 bits per heavy atom. The van der Waals surface area contributed by atoms with E-state index < -0.39 is 27.0 Å². The average molecular weight is 521 g/mol. The second-order valence-corrected chi connectivity index (χ2v) is 11.1. The number of benzene rings is 2. The summed E-state index contributed by atoms with van der Waals surface area (Å²) in [6.45, 7) is 2.04. The molecule has 2 aromatic carbocycles. The Balaban J connectivity index is 1.39. The average Bonchev–Trinajstić information content (AvgIpc) is 3.35. The molecule has 1 aromatic heterocycles. The highest BCUT2D eigenvalue weighted by molar-refractivity contribution is 8.18. The SMILES string of the molecule is O=C1NC(=O)/C(=C/c2ccc(S(=O)(=O)Nc3nc4ccc(F)c(N5CCOCC5)c4s3)cc2)S1. The summed E-state index contributed by atoms with van der Waals surface area (Å²) in [6.07, 6.45) is 1.50. The predicted molar refractivity (Wildman–Crippen MR) is 129 cm³/mol. The topological polar surface area (TPSA) is 118 Å². The fourth-order valence-corrected chi connectivity index (χ4v) is 6.51. The second kappa shape index (κ2) is 8.98. The fraction of sp³-hybridized carbons (Fsp3) is 0.190. The molecule has 34 heavy (non-hydrogen) atoms. The van der Waals surface area contributed by atoms with Crippen molar-refractivity contribution < 1.29 is 27.1 Å². The van der Waals surface area contributed by atoms with Crippen molar-refractivity contribution in [3.63, 3.8) is 0 Å². The van der Waals surface area contributed by atoms with Gasteiger partial charge in [-0.05, 0) is 47.7 Å². The molecule has 2 saturated heterocycles. The van der Waals surface area contributed by atoms with E-state index in [4.69, 9.17) is 4.74 Å². The molecule has 2 aliphatic rings. The minimum absolute atomic E-state index is 0.00640. The molecule has 5 rings (SSSR count). The van der Waals surface area contributed by atoms with Crippen LogP contribution in [0.15, 0.2) is 46.2 Å². The van der Waals surface area contributed by atoms with Gasteiger partial charge in [0, 0.05) is 13.1 Å². The standard InChI is InChI=1S/C21H17FN4O5S3/c22-14-5-6-15-18(17(14)26-7-9-31-10-8-26)33-20(23-15)25-34(29,30)13-3-1-12(2-4-13)11-16-19(27)24-21(28)32-16/h1-6,11H,7-10H2,(H,23,25)(H,24,27,28)/b16-11-. The van der Waals surface area contributed by atoms with E-state index in [1.54, 1.807) is 0 Å². The molecule has 3 heterocycles. The first-order chi connectivity index (χ1) is 16.3. The van der Waals surface area contributed by atoms with E-state index in [0.717, 1.165) is 23.1 Å². The number of halogens is 1. The van der Waals surface area contributed by atoms with Crippen LogP contribution in [-0.4, -0.2) is 50.9 Å². The monoisotopic (exact) mass is 520 g/mol. The highest BCUT2D eigenvalue weighted by Crippen LogP contribution is 2.37. The lowest BCUT2D eigenvalue weighted by Crippen LogP contribution is -2.36. The Kier molecular flexibility index (Phi) is 6.02. The van der Waals surface area contributed by atoms with Crippen LogP contribution in [0.3, 0.4) is 0 Å². The van der Waals surface area contributed by atoms with Gasteiger partial charge >= 0.3 is 0 Å². The van der Waals surface area contributed by atoms with Crippen LogP contribution >= 0.6 is 23.1 Å². The minimum Gasteiger partial charge on any atom is -0.378 e. The van der Waals surface area contributed by atoms with Crippen LogP contribution in [0.2, 0.25) is 0 Å². The van der Waals surface area contributed by atoms with Crippen molar-refractivity contribution in [3.8, 4) is 0 Å². The Hall–Kier alpha value is -3.00. The number of carbonyl (C=O) groups excluding carboxylic acids is 2. The van der Waals surface area contributed by atoms with E-state index in [9.17, 15) is 22.4 Å². The number of imide groups is 1. The molecule has 3 aromatic rings. The Labute approximate surface area is 202 Å². The van der Waals surface area contributed by atoms with Crippen LogP contribution < -0.4 is 14.9 Å². The molecule has 0 atom stereocenters. The van der Waals surface area contributed by atoms with E-state index in [1.807, 2.05) is 4.90 Å². The maximum atomic E-state index is 14.7. The molecule has 2 aliphatic heterocycles. The van der Waals surface area contributed by atoms with Crippen LogP contribution in [-0.2, 0) is 19.6 Å². The molecule has 2 N–H and O–H groups in total. The summed E-state index contributed by atoms with van der Waals surface area (Å²) in [5.41, 5.74) is 1.46. The Bertz CT molecular complexity index is 1430. The molecule has 0 saturated carbocycles. The number of rotatable bonds is 5. The molecule has 9 nitrogen and oxygen atoms in total. The van der Waals surface area contributed by atoms with Gasteiger partial charge in [0.1, 0.15) is 5.82 Å². The van der Waals surface area contributed by atoms with Gasteiger partial charge in [-0.2, -0.15) is 0 Å². The number of aromatic nitrogens is 1. The maximum absolute atomic E-state index is 14.7. The summed E-state index contributed by atoms with van der Waals surface area (Å²) in [6, 6.07) is 8.69. The number of thiazole rings is 1. The summed E-state index contributed by atoms with van der Waals surface area (Å²) in [7, 11) is -3.96. The molecule has 0 radical (unpaired) electrons. The molecular weight excluding hydrogens is 503 g/mol. The fourth-order valence-electron chi connectivity index (χ4n) is 3.57. The van der Waals surface area contributed by atoms with Crippen molar-refractivity contribution in [2.45, 2.75) is 4.90 Å². The third-order valence-electron chi connectivity index (χ3n) is 5.16. The predicted octanol–water partition coefficient (Wildman–Crippen LogP) is 3.40. The van der Waals surface area contributed by atoms with Gasteiger partial charge < -0.3 is 9.64 Å². The van der Waals surface area contributed by atoms with Crippen molar-refractivity contribution in [2.75, 3.05) is 35.9 Å². The zero-order valence-corrected chi connectivity index (χ0v) is 19.9. The third-order valence-corrected chi connectivity index (χ3v) is 8.45. The quantitative estimate of drug-likeness (QED) is 0.492. The summed E-state index contributed by atoms with van der Waals surface area (Å²) in [4.78, 5) is 29.4. The van der Waals surface area contributed by atoms with Crippen LogP contribution in [0, 0.1) is 5.82 Å². The number of anilines is 2. The van der Waals surface area contributed by atoms with Crippen molar-refractivity contribution in [1.82, 2.24) is 10.3 Å². The van der Waals surface area contributed by atoms with Gasteiger partial charge in [0.05, 0.1) is 38.9 Å². The highest BCUT2D eigenvalue weighted by Gasteiger charge is 2.25. The Morgan fingerprint density at radius 1 is 1.12 bits per heavy atom. The van der Waals surface area contributed by atoms with Gasteiger partial charge in [0.15, 0.2) is 5.13 Å². The lowest BCUT2D eigenvalue weighted by molar-refractivity contribution is -0.115. The molecule has 0 spiro atoms. The lowest BCUT2D eigenvalue weighted by atomic mass is 10.2. The first kappa shape index (κ1) is 22.8. The molecule has 13 heteroatoms. The summed E-state index contributed by atoms with van der Waals surface area (Å²) in [5, 5.41) is 1.83. The number of hydrogen-bond acceptors (Lipinski definition) is 9. The lowest BCUT2D eigenvalue weighted by Gasteiger charge is -2.29. The first-order valence-electron chi connectivity index (χ1n) is 10.1. The van der Waals surface area contributed by atoms with Gasteiger partial charge in [-0.15, -0.1) is 0 Å². The van der Waals surface area contributed by atoms with Crippen LogP contribution in [0.4, 0.5) is 20.0 Å². The van der Waals surface area contributed by atoms with Gasteiger partial charge in [-0.1, -0.05) is 23.5 Å². The zero-order valence-electron chi connectivity index (χ0n) is 17.4. The summed E-state index contributed by atoms with van der Waals surface area (Å²) >= 11 is 1.85. The van der Waals surface area contributed by atoms with Gasteiger partial charge in [-0.3, -0.25) is 19.6 Å². The third kappa shape index (κ3) is 4.51. The minimum atomic E-state index is -3.96. The number of ether oxygens (including phenoxy) is 1. The highest BCUT2D eigenvalue weighted by atomic mass is 32.2. The Morgan fingerprint density at radius 2 is 1.85 bits per heavy atom. The van der Waals surface area contributed by atoms with Crippen molar-refractivity contribution in [1.29, 1.82) is 0 Å². The molecular formula is C21H17FN4O5S3. The molecule has 0 bridgehead atoms. The van der Waals surface area contributed by atoms with E-state index in [2.05, 4.69) is 15.0 Å². The maximum Gasteiger partial charge on any atom is 0.290 e. The van der Waals surface area contributed by atoms with E-state index in [0.29, 0.717) is 47.8 Å². The van der Waals surface area contributed by atoms with Gasteiger partial charge in [-0.25, -0.2) is 17.8 Å². The van der Waals surface area contributed by atoms with E-state index >= 15 is 0 Å². The van der Waals surface area contributed by atoms with Crippen molar-refractivity contribution >= 4 is 71.4 Å². The van der Waals surface area contributed by atoms with Gasteiger partial charge in [0.25, 0.3) is 21.2 Å². The molecule has 0 unspecified atom stereocenters. The molecule has 176 valence electrons. The number of fused-ring (bicyclic) bond motifs is 1. The van der Waals surface area contributed by atoms with Crippen LogP contribution in [0.25, 0.3) is 16.3 Å². The number of nitrogens with one attached hydrogen (secondary N) is 2. The molecule has 2 fully saturated rings. The number of thioether (sulfide) groups is 1. The first-order valence-corrected chi connectivity index (χ1v) is 13.2. The number of nitrogens with zero attached hydrogens (tertiary/aromatic N) is 2.